The van der Waals surface area contributed by atoms with Gasteiger partial charge in [-0.15, -0.1) is 11.3 Å². The largest absolute Gasteiger partial charge is 0.387 e. The molecule has 1 saturated carbocycles. The van der Waals surface area contributed by atoms with Gasteiger partial charge in [0, 0.05) is 9.58 Å². The van der Waals surface area contributed by atoms with Crippen molar-refractivity contribution in [1.29, 1.82) is 0 Å². The number of rotatable bonds is 2. The van der Waals surface area contributed by atoms with Gasteiger partial charge < -0.3 is 5.11 Å². The van der Waals surface area contributed by atoms with Crippen LogP contribution in [0.4, 0.5) is 4.39 Å². The first-order valence-corrected chi connectivity index (χ1v) is 7.43. The smallest absolute Gasteiger partial charge is 0.123 e. The number of hydrogen-bond donors (Lipinski definition) is 1. The second kappa shape index (κ2) is 4.98. The molecule has 1 aromatic carbocycles. The molecule has 0 spiro atoms. The van der Waals surface area contributed by atoms with Gasteiger partial charge in [0.05, 0.1) is 6.10 Å². The SMILES string of the molecule is OC(c1cc2cc(F)ccc2s1)C1CCCCC1. The second-order valence-corrected chi connectivity index (χ2v) is 6.29. The van der Waals surface area contributed by atoms with E-state index in [1.165, 1.54) is 25.3 Å². The lowest BCUT2D eigenvalue weighted by Gasteiger charge is -2.25. The third-order valence-corrected chi connectivity index (χ3v) is 5.07. The summed E-state index contributed by atoms with van der Waals surface area (Å²) in [6.07, 6.45) is 5.60. The lowest BCUT2D eigenvalue weighted by molar-refractivity contribution is 0.0880. The first-order chi connectivity index (χ1) is 8.74. The van der Waals surface area contributed by atoms with Gasteiger partial charge in [0.1, 0.15) is 5.82 Å². The highest BCUT2D eigenvalue weighted by Crippen LogP contribution is 2.39. The summed E-state index contributed by atoms with van der Waals surface area (Å²) < 4.78 is 14.2. The maximum atomic E-state index is 13.1. The molecule has 3 rings (SSSR count). The summed E-state index contributed by atoms with van der Waals surface area (Å²) in [6.45, 7) is 0. The Morgan fingerprint density at radius 3 is 2.72 bits per heavy atom. The number of hydrogen-bond acceptors (Lipinski definition) is 2. The molecule has 1 aromatic heterocycles. The van der Waals surface area contributed by atoms with Crippen LogP contribution < -0.4 is 0 Å². The van der Waals surface area contributed by atoms with Crippen LogP contribution in [-0.4, -0.2) is 5.11 Å². The van der Waals surface area contributed by atoms with Crippen LogP contribution in [-0.2, 0) is 0 Å². The van der Waals surface area contributed by atoms with Gasteiger partial charge >= 0.3 is 0 Å². The van der Waals surface area contributed by atoms with E-state index in [0.717, 1.165) is 27.8 Å². The number of thiophene rings is 1. The molecule has 0 bridgehead atoms. The van der Waals surface area contributed by atoms with E-state index in [1.807, 2.05) is 6.07 Å². The molecule has 1 aliphatic carbocycles. The van der Waals surface area contributed by atoms with Gasteiger partial charge in [0.15, 0.2) is 0 Å². The Morgan fingerprint density at radius 2 is 1.94 bits per heavy atom. The Kier molecular flexibility index (Phi) is 3.35. The zero-order valence-electron chi connectivity index (χ0n) is 10.2. The van der Waals surface area contributed by atoms with Crippen molar-refractivity contribution in [2.45, 2.75) is 38.2 Å². The van der Waals surface area contributed by atoms with Crippen LogP contribution in [0.3, 0.4) is 0 Å². The quantitative estimate of drug-likeness (QED) is 0.836. The summed E-state index contributed by atoms with van der Waals surface area (Å²) in [4.78, 5) is 0.988. The average molecular weight is 264 g/mol. The lowest BCUT2D eigenvalue weighted by Crippen LogP contribution is -2.14. The highest BCUT2D eigenvalue weighted by molar-refractivity contribution is 7.19. The molecule has 1 atom stereocenters. The fourth-order valence-corrected chi connectivity index (χ4v) is 3.99. The van der Waals surface area contributed by atoms with Crippen molar-refractivity contribution in [3.8, 4) is 0 Å². The highest BCUT2D eigenvalue weighted by atomic mass is 32.1. The minimum absolute atomic E-state index is 0.209. The molecular formula is C15H17FOS. The van der Waals surface area contributed by atoms with Gasteiger partial charge in [-0.3, -0.25) is 0 Å². The van der Waals surface area contributed by atoms with E-state index in [-0.39, 0.29) is 11.9 Å². The van der Waals surface area contributed by atoms with Crippen molar-refractivity contribution >= 4 is 21.4 Å². The predicted molar refractivity (Wildman–Crippen MR) is 73.3 cm³/mol. The van der Waals surface area contributed by atoms with E-state index in [0.29, 0.717) is 5.92 Å². The fourth-order valence-electron chi connectivity index (χ4n) is 2.86. The van der Waals surface area contributed by atoms with E-state index in [1.54, 1.807) is 23.5 Å². The highest BCUT2D eigenvalue weighted by Gasteiger charge is 2.24. The molecule has 0 aliphatic heterocycles. The zero-order chi connectivity index (χ0) is 12.5. The Hall–Kier alpha value is -0.930. The molecular weight excluding hydrogens is 247 g/mol. The standard InChI is InChI=1S/C15H17FOS/c16-12-6-7-13-11(8-12)9-14(18-13)15(17)10-4-2-1-3-5-10/h6-10,15,17H,1-5H2. The number of aliphatic hydroxyl groups excluding tert-OH is 1. The van der Waals surface area contributed by atoms with Gasteiger partial charge in [-0.2, -0.15) is 0 Å². The summed E-state index contributed by atoms with van der Waals surface area (Å²) in [5.41, 5.74) is 0. The normalized spacial score (nSPS) is 19.2. The van der Waals surface area contributed by atoms with Gasteiger partial charge in [0.25, 0.3) is 0 Å². The molecule has 1 fully saturated rings. The van der Waals surface area contributed by atoms with Gasteiger partial charge in [-0.1, -0.05) is 19.3 Å². The molecule has 1 N–H and O–H groups in total. The maximum absolute atomic E-state index is 13.1. The van der Waals surface area contributed by atoms with Gasteiger partial charge in [-0.05, 0) is 48.4 Å². The molecule has 1 heterocycles. The minimum atomic E-state index is -0.370. The van der Waals surface area contributed by atoms with Gasteiger partial charge in [-0.25, -0.2) is 4.39 Å². The Labute approximate surface area is 110 Å². The summed E-state index contributed by atoms with van der Waals surface area (Å²) >= 11 is 1.59. The molecule has 1 nitrogen and oxygen atoms in total. The van der Waals surface area contributed by atoms with Crippen LogP contribution in [0.15, 0.2) is 24.3 Å². The van der Waals surface area contributed by atoms with Crippen molar-refractivity contribution in [1.82, 2.24) is 0 Å². The first kappa shape index (κ1) is 12.1. The zero-order valence-corrected chi connectivity index (χ0v) is 11.0. The summed E-state index contributed by atoms with van der Waals surface area (Å²) in [5.74, 6) is 0.177. The minimum Gasteiger partial charge on any atom is -0.387 e. The van der Waals surface area contributed by atoms with E-state index >= 15 is 0 Å². The van der Waals surface area contributed by atoms with Gasteiger partial charge in [0.2, 0.25) is 0 Å². The Morgan fingerprint density at radius 1 is 1.17 bits per heavy atom. The summed E-state index contributed by atoms with van der Waals surface area (Å²) in [5, 5.41) is 11.3. The van der Waals surface area contributed by atoms with Crippen molar-refractivity contribution in [3.63, 3.8) is 0 Å². The molecule has 0 amide bonds. The molecule has 1 unspecified atom stereocenters. The van der Waals surface area contributed by atoms with Crippen molar-refractivity contribution < 1.29 is 9.50 Å². The van der Waals surface area contributed by atoms with E-state index in [2.05, 4.69) is 0 Å². The lowest BCUT2D eigenvalue weighted by atomic mass is 9.85. The van der Waals surface area contributed by atoms with E-state index in [4.69, 9.17) is 0 Å². The third kappa shape index (κ3) is 2.29. The molecule has 96 valence electrons. The summed E-state index contributed by atoms with van der Waals surface area (Å²) in [6, 6.07) is 6.77. The molecule has 0 saturated heterocycles. The molecule has 3 heteroatoms. The number of halogens is 1. The second-order valence-electron chi connectivity index (χ2n) is 5.17. The fraction of sp³-hybridized carbons (Fsp3) is 0.467. The molecule has 2 aromatic rings. The van der Waals surface area contributed by atoms with Crippen LogP contribution in [0.5, 0.6) is 0 Å². The first-order valence-electron chi connectivity index (χ1n) is 6.61. The number of benzene rings is 1. The Bertz CT molecular complexity index is 542. The molecule has 1 aliphatic rings. The van der Waals surface area contributed by atoms with Crippen molar-refractivity contribution in [3.05, 3.63) is 35.0 Å². The Balaban J connectivity index is 1.88. The van der Waals surface area contributed by atoms with Crippen LogP contribution in [0, 0.1) is 11.7 Å². The number of fused-ring (bicyclic) bond motifs is 1. The maximum Gasteiger partial charge on any atom is 0.123 e. The van der Waals surface area contributed by atoms with Crippen molar-refractivity contribution in [2.75, 3.05) is 0 Å². The van der Waals surface area contributed by atoms with E-state index in [9.17, 15) is 9.50 Å². The average Bonchev–Trinajstić information content (AvgIpc) is 2.81. The summed E-state index contributed by atoms with van der Waals surface area (Å²) in [7, 11) is 0. The van der Waals surface area contributed by atoms with Crippen molar-refractivity contribution in [2.24, 2.45) is 5.92 Å². The monoisotopic (exact) mass is 264 g/mol. The topological polar surface area (TPSA) is 20.2 Å². The van der Waals surface area contributed by atoms with Crippen LogP contribution in [0.25, 0.3) is 10.1 Å². The van der Waals surface area contributed by atoms with Crippen LogP contribution >= 0.6 is 11.3 Å². The van der Waals surface area contributed by atoms with Crippen LogP contribution in [0.2, 0.25) is 0 Å². The molecule has 0 radical (unpaired) electrons. The van der Waals surface area contributed by atoms with Crippen LogP contribution in [0.1, 0.15) is 43.1 Å². The third-order valence-electron chi connectivity index (χ3n) is 3.89. The predicted octanol–water partition coefficient (Wildman–Crippen LogP) is 4.65. The molecule has 18 heavy (non-hydrogen) atoms. The number of aliphatic hydroxyl groups is 1. The van der Waals surface area contributed by atoms with E-state index < -0.39 is 0 Å².